The average Bonchev–Trinajstić information content (AvgIpc) is 3.34. The molecule has 0 aliphatic carbocycles. The summed E-state index contributed by atoms with van der Waals surface area (Å²) in [6.07, 6.45) is 11.1. The van der Waals surface area contributed by atoms with Crippen LogP contribution >= 0.6 is 0 Å². The normalized spacial score (nSPS) is 20.1. The molecule has 2 heterocycles. The van der Waals surface area contributed by atoms with E-state index in [4.69, 9.17) is 18.9 Å². The highest BCUT2D eigenvalue weighted by atomic mass is 16.8. The van der Waals surface area contributed by atoms with E-state index >= 15 is 0 Å². The van der Waals surface area contributed by atoms with Crippen LogP contribution in [0.2, 0.25) is 0 Å². The van der Waals surface area contributed by atoms with Gasteiger partial charge in [-0.05, 0) is 38.5 Å². The minimum Gasteiger partial charge on any atom is -0.430 e. The summed E-state index contributed by atoms with van der Waals surface area (Å²) in [6.45, 7) is 0.715. The van der Waals surface area contributed by atoms with E-state index in [1.807, 2.05) is 0 Å². The number of unbranched alkanes of at least 4 members (excludes halogenated alkanes) is 8. The smallest absolute Gasteiger partial charge is 0.430 e. The molecule has 8 nitrogen and oxygen atoms in total. The third-order valence-corrected chi connectivity index (χ3v) is 5.66. The molecule has 0 amide bonds. The summed E-state index contributed by atoms with van der Waals surface area (Å²) in [4.78, 5) is 45.5. The van der Waals surface area contributed by atoms with Crippen LogP contribution in [0.5, 0.6) is 0 Å². The lowest BCUT2D eigenvalue weighted by Crippen LogP contribution is -2.09. The standard InChI is InChI=1S/C23H36O8/c24-18(11-7-3-1-5-9-13-20-16-28-22(26)30-20)15-19(25)12-8-4-2-6-10-14-21-17-29-23(27)31-21/h20-21H,1-17H2. The van der Waals surface area contributed by atoms with E-state index in [1.54, 1.807) is 0 Å². The monoisotopic (exact) mass is 440 g/mol. The molecule has 2 rings (SSSR count). The van der Waals surface area contributed by atoms with Crippen LogP contribution in [-0.2, 0) is 28.5 Å². The number of hydrogen-bond acceptors (Lipinski definition) is 8. The minimum atomic E-state index is -0.571. The predicted octanol–water partition coefficient (Wildman–Crippen LogP) is 5.05. The third-order valence-electron chi connectivity index (χ3n) is 5.66. The van der Waals surface area contributed by atoms with Gasteiger partial charge in [-0.2, -0.15) is 0 Å². The zero-order valence-corrected chi connectivity index (χ0v) is 18.4. The second-order valence-corrected chi connectivity index (χ2v) is 8.47. The Balaban J connectivity index is 1.32. The van der Waals surface area contributed by atoms with Crippen LogP contribution in [0.25, 0.3) is 0 Å². The summed E-state index contributed by atoms with van der Waals surface area (Å²) in [6, 6.07) is 0. The molecule has 0 radical (unpaired) electrons. The van der Waals surface area contributed by atoms with Gasteiger partial charge in [0.2, 0.25) is 0 Å². The number of carbonyl (C=O) groups is 4. The minimum absolute atomic E-state index is 0.0494. The molecule has 2 aliphatic rings. The fourth-order valence-corrected chi connectivity index (χ4v) is 3.86. The van der Waals surface area contributed by atoms with E-state index in [0.29, 0.717) is 26.1 Å². The van der Waals surface area contributed by atoms with Crippen molar-refractivity contribution in [3.8, 4) is 0 Å². The Hall–Kier alpha value is -2.12. The first-order chi connectivity index (χ1) is 15.0. The number of ether oxygens (including phenoxy) is 4. The van der Waals surface area contributed by atoms with E-state index in [1.165, 1.54) is 0 Å². The SMILES string of the molecule is O=C(CCCCCCCC1COC(=O)O1)CC(=O)CCCCCCCC1COC(=O)O1. The van der Waals surface area contributed by atoms with E-state index < -0.39 is 12.3 Å². The summed E-state index contributed by atoms with van der Waals surface area (Å²) in [5.74, 6) is 0.0988. The Kier molecular flexibility index (Phi) is 12.0. The molecule has 0 N–H and O–H groups in total. The second kappa shape index (κ2) is 14.8. The molecular formula is C23H36O8. The van der Waals surface area contributed by atoms with Crippen LogP contribution in [0.15, 0.2) is 0 Å². The van der Waals surface area contributed by atoms with Crippen molar-refractivity contribution in [2.24, 2.45) is 0 Å². The van der Waals surface area contributed by atoms with Crippen molar-refractivity contribution in [3.63, 3.8) is 0 Å². The number of cyclic esters (lactones) is 4. The Morgan fingerprint density at radius 3 is 1.39 bits per heavy atom. The van der Waals surface area contributed by atoms with E-state index in [-0.39, 0.29) is 30.2 Å². The molecule has 0 aromatic heterocycles. The highest BCUT2D eigenvalue weighted by Crippen LogP contribution is 2.17. The van der Waals surface area contributed by atoms with Gasteiger partial charge in [-0.15, -0.1) is 0 Å². The molecule has 0 spiro atoms. The Bertz CT molecular complexity index is 538. The van der Waals surface area contributed by atoms with Gasteiger partial charge in [0, 0.05) is 12.8 Å². The lowest BCUT2D eigenvalue weighted by atomic mass is 10.0. The Labute approximate surface area is 184 Å². The number of carbonyl (C=O) groups excluding carboxylic acids is 4. The van der Waals surface area contributed by atoms with Gasteiger partial charge in [0.25, 0.3) is 0 Å². The van der Waals surface area contributed by atoms with Crippen LogP contribution in [0, 0.1) is 0 Å². The van der Waals surface area contributed by atoms with Gasteiger partial charge < -0.3 is 18.9 Å². The Morgan fingerprint density at radius 1 is 0.613 bits per heavy atom. The van der Waals surface area contributed by atoms with Gasteiger partial charge >= 0.3 is 12.3 Å². The van der Waals surface area contributed by atoms with Crippen LogP contribution in [0.3, 0.4) is 0 Å². The first-order valence-corrected chi connectivity index (χ1v) is 11.7. The second-order valence-electron chi connectivity index (χ2n) is 8.47. The lowest BCUT2D eigenvalue weighted by Gasteiger charge is -2.06. The molecule has 0 bridgehead atoms. The fourth-order valence-electron chi connectivity index (χ4n) is 3.86. The molecule has 2 aliphatic heterocycles. The van der Waals surface area contributed by atoms with Gasteiger partial charge in [-0.25, -0.2) is 9.59 Å². The lowest BCUT2D eigenvalue weighted by molar-refractivity contribution is -0.127. The number of Topliss-reactive ketones (excluding diaryl/α,β-unsaturated/α-hetero) is 2. The van der Waals surface area contributed by atoms with Crippen LogP contribution in [0.1, 0.15) is 96.3 Å². The zero-order chi connectivity index (χ0) is 22.3. The van der Waals surface area contributed by atoms with E-state index in [9.17, 15) is 19.2 Å². The maximum Gasteiger partial charge on any atom is 0.508 e. The first-order valence-electron chi connectivity index (χ1n) is 11.7. The van der Waals surface area contributed by atoms with Gasteiger partial charge in [0.15, 0.2) is 0 Å². The molecular weight excluding hydrogens is 404 g/mol. The van der Waals surface area contributed by atoms with Crippen molar-refractivity contribution >= 4 is 23.9 Å². The molecule has 2 atom stereocenters. The first kappa shape index (κ1) is 25.1. The number of rotatable bonds is 18. The maximum atomic E-state index is 11.9. The highest BCUT2D eigenvalue weighted by Gasteiger charge is 2.24. The summed E-state index contributed by atoms with van der Waals surface area (Å²) in [7, 11) is 0. The molecule has 0 aromatic carbocycles. The van der Waals surface area contributed by atoms with Crippen molar-refractivity contribution in [2.75, 3.05) is 13.2 Å². The van der Waals surface area contributed by atoms with Gasteiger partial charge in [0.05, 0.1) is 6.42 Å². The highest BCUT2D eigenvalue weighted by molar-refractivity contribution is 5.98. The summed E-state index contributed by atoms with van der Waals surface area (Å²) < 4.78 is 19.4. The molecule has 176 valence electrons. The third kappa shape index (κ3) is 11.7. The van der Waals surface area contributed by atoms with Crippen LogP contribution < -0.4 is 0 Å². The van der Waals surface area contributed by atoms with Crippen LogP contribution in [-0.4, -0.2) is 49.3 Å². The molecule has 8 heteroatoms. The molecule has 0 aromatic rings. The molecule has 2 unspecified atom stereocenters. The Morgan fingerprint density at radius 2 is 1.00 bits per heavy atom. The summed E-state index contributed by atoms with van der Waals surface area (Å²) in [5.41, 5.74) is 0. The average molecular weight is 441 g/mol. The van der Waals surface area contributed by atoms with E-state index in [2.05, 4.69) is 0 Å². The number of hydrogen-bond donors (Lipinski definition) is 0. The summed E-state index contributed by atoms with van der Waals surface area (Å²) >= 11 is 0. The molecule has 0 saturated carbocycles. The van der Waals surface area contributed by atoms with E-state index in [0.717, 1.165) is 77.0 Å². The maximum absolute atomic E-state index is 11.9. The molecule has 2 fully saturated rings. The largest absolute Gasteiger partial charge is 0.508 e. The van der Waals surface area contributed by atoms with Crippen molar-refractivity contribution in [1.29, 1.82) is 0 Å². The van der Waals surface area contributed by atoms with Gasteiger partial charge in [0.1, 0.15) is 37.0 Å². The quantitative estimate of drug-likeness (QED) is 0.166. The van der Waals surface area contributed by atoms with Crippen molar-refractivity contribution in [3.05, 3.63) is 0 Å². The summed E-state index contributed by atoms with van der Waals surface area (Å²) in [5, 5.41) is 0. The van der Waals surface area contributed by atoms with Gasteiger partial charge in [-0.3, -0.25) is 9.59 Å². The molecule has 31 heavy (non-hydrogen) atoms. The fraction of sp³-hybridized carbons (Fsp3) is 0.826. The zero-order valence-electron chi connectivity index (χ0n) is 18.4. The van der Waals surface area contributed by atoms with Crippen molar-refractivity contribution in [2.45, 2.75) is 109 Å². The predicted molar refractivity (Wildman–Crippen MR) is 112 cm³/mol. The topological polar surface area (TPSA) is 105 Å². The van der Waals surface area contributed by atoms with Gasteiger partial charge in [-0.1, -0.05) is 38.5 Å². The molecule has 2 saturated heterocycles. The van der Waals surface area contributed by atoms with Crippen molar-refractivity contribution in [1.82, 2.24) is 0 Å². The van der Waals surface area contributed by atoms with Crippen LogP contribution in [0.4, 0.5) is 9.59 Å². The van der Waals surface area contributed by atoms with Crippen molar-refractivity contribution < 1.29 is 38.1 Å². The number of ketones is 2.